The number of aromatic amines is 2. The lowest BCUT2D eigenvalue weighted by atomic mass is 9.74. The van der Waals surface area contributed by atoms with Crippen molar-refractivity contribution in [3.8, 4) is 12.1 Å². The van der Waals surface area contributed by atoms with E-state index in [1.165, 1.54) is 11.1 Å². The van der Waals surface area contributed by atoms with Gasteiger partial charge >= 0.3 is 0 Å². The zero-order chi connectivity index (χ0) is 26.6. The van der Waals surface area contributed by atoms with E-state index in [1.54, 1.807) is 0 Å². The van der Waals surface area contributed by atoms with Crippen LogP contribution in [-0.4, -0.2) is 26.9 Å². The minimum absolute atomic E-state index is 0.214. The normalized spacial score (nSPS) is 23.4. The van der Waals surface area contributed by atoms with Crippen molar-refractivity contribution in [1.82, 2.24) is 9.97 Å². The number of hydrogen-bond donors (Lipinski definition) is 2. The molecule has 6 nitrogen and oxygen atoms in total. The van der Waals surface area contributed by atoms with Crippen LogP contribution < -0.4 is 10.7 Å². The molecule has 1 atom stereocenters. The molecular weight excluding hydrogens is 444 g/mol. The van der Waals surface area contributed by atoms with Gasteiger partial charge in [0.25, 0.3) is 0 Å². The predicted molar refractivity (Wildman–Crippen MR) is 146 cm³/mol. The molecule has 0 fully saturated rings. The SMILES string of the molecule is CC1=C(C)/C(=C\C2=N[C@@](C)(C#N)C(C)(C)C2)N=C1/C=c1\[nH]/c(=C\c2c(C)[nH]c(C#N)c2C)c(C)c1C. The molecule has 36 heavy (non-hydrogen) atoms. The fourth-order valence-electron chi connectivity index (χ4n) is 4.88. The van der Waals surface area contributed by atoms with Gasteiger partial charge in [0.05, 0.1) is 17.5 Å². The Bertz CT molecular complexity index is 1620. The third kappa shape index (κ3) is 3.97. The number of aliphatic imine (C=N–C) groups is 2. The highest BCUT2D eigenvalue weighted by atomic mass is 14.9. The largest absolute Gasteiger partial charge is 0.355 e. The van der Waals surface area contributed by atoms with Crippen molar-refractivity contribution >= 4 is 23.6 Å². The molecule has 0 spiro atoms. The van der Waals surface area contributed by atoms with E-state index in [0.717, 1.165) is 62.2 Å². The summed E-state index contributed by atoms with van der Waals surface area (Å²) in [5.74, 6) is 0. The van der Waals surface area contributed by atoms with Crippen LogP contribution in [0.15, 0.2) is 32.9 Å². The average molecular weight is 479 g/mol. The van der Waals surface area contributed by atoms with Crippen molar-refractivity contribution < 1.29 is 0 Å². The van der Waals surface area contributed by atoms with E-state index in [1.807, 2.05) is 26.8 Å². The first-order valence-corrected chi connectivity index (χ1v) is 12.3. The second-order valence-corrected chi connectivity index (χ2v) is 10.9. The first kappa shape index (κ1) is 25.2. The average Bonchev–Trinajstić information content (AvgIpc) is 3.43. The van der Waals surface area contributed by atoms with Gasteiger partial charge in [0, 0.05) is 33.1 Å². The molecule has 0 aliphatic carbocycles. The molecule has 2 aliphatic rings. The quantitative estimate of drug-likeness (QED) is 0.656. The van der Waals surface area contributed by atoms with Gasteiger partial charge < -0.3 is 9.97 Å². The summed E-state index contributed by atoms with van der Waals surface area (Å²) in [5, 5.41) is 21.1. The van der Waals surface area contributed by atoms with Crippen LogP contribution in [0.5, 0.6) is 0 Å². The molecule has 2 aromatic rings. The van der Waals surface area contributed by atoms with Crippen molar-refractivity contribution in [2.45, 2.75) is 74.3 Å². The Morgan fingerprint density at radius 1 is 0.833 bits per heavy atom. The number of H-pyrrole nitrogens is 2. The van der Waals surface area contributed by atoms with Gasteiger partial charge in [0.2, 0.25) is 0 Å². The maximum Gasteiger partial charge on any atom is 0.149 e. The fourth-order valence-corrected chi connectivity index (χ4v) is 4.88. The summed E-state index contributed by atoms with van der Waals surface area (Å²) in [6.07, 6.45) is 7.02. The molecule has 0 saturated carbocycles. The number of aromatic nitrogens is 2. The van der Waals surface area contributed by atoms with E-state index in [4.69, 9.17) is 9.98 Å². The molecule has 4 heterocycles. The van der Waals surface area contributed by atoms with E-state index in [2.05, 4.69) is 75.8 Å². The lowest BCUT2D eigenvalue weighted by Crippen LogP contribution is -2.34. The van der Waals surface area contributed by atoms with Gasteiger partial charge in [-0.25, -0.2) is 4.99 Å². The van der Waals surface area contributed by atoms with Gasteiger partial charge in [0.15, 0.2) is 0 Å². The van der Waals surface area contributed by atoms with E-state index in [-0.39, 0.29) is 5.41 Å². The smallest absolute Gasteiger partial charge is 0.149 e. The van der Waals surface area contributed by atoms with Gasteiger partial charge in [0.1, 0.15) is 17.3 Å². The Morgan fingerprint density at radius 3 is 2.03 bits per heavy atom. The van der Waals surface area contributed by atoms with Crippen molar-refractivity contribution in [3.05, 3.63) is 67.3 Å². The molecule has 4 rings (SSSR count). The van der Waals surface area contributed by atoms with E-state index in [0.29, 0.717) is 5.69 Å². The van der Waals surface area contributed by atoms with Crippen LogP contribution in [0.3, 0.4) is 0 Å². The topological polar surface area (TPSA) is 104 Å². The van der Waals surface area contributed by atoms with E-state index in [9.17, 15) is 10.5 Å². The van der Waals surface area contributed by atoms with Crippen molar-refractivity contribution in [1.29, 1.82) is 10.5 Å². The lowest BCUT2D eigenvalue weighted by Gasteiger charge is -2.29. The summed E-state index contributed by atoms with van der Waals surface area (Å²) < 4.78 is 0. The number of aryl methyl sites for hydroxylation is 1. The van der Waals surface area contributed by atoms with Crippen LogP contribution in [0.2, 0.25) is 0 Å². The molecule has 0 aromatic carbocycles. The summed E-state index contributed by atoms with van der Waals surface area (Å²) in [7, 11) is 0. The minimum Gasteiger partial charge on any atom is -0.355 e. The van der Waals surface area contributed by atoms with Crippen LogP contribution in [0, 0.1) is 55.8 Å². The Balaban J connectivity index is 1.77. The molecule has 2 aromatic heterocycles. The highest BCUT2D eigenvalue weighted by Gasteiger charge is 2.46. The monoisotopic (exact) mass is 478 g/mol. The van der Waals surface area contributed by atoms with Crippen LogP contribution in [-0.2, 0) is 0 Å². The third-order valence-electron chi connectivity index (χ3n) is 8.22. The number of nitriles is 2. The summed E-state index contributed by atoms with van der Waals surface area (Å²) in [5.41, 5.74) is 10.0. The maximum atomic E-state index is 9.69. The predicted octanol–water partition coefficient (Wildman–Crippen LogP) is 4.89. The Hall–Kier alpha value is -3.90. The maximum absolute atomic E-state index is 9.69. The van der Waals surface area contributed by atoms with Crippen LogP contribution >= 0.6 is 0 Å². The lowest BCUT2D eigenvalue weighted by molar-refractivity contribution is 0.276. The second-order valence-electron chi connectivity index (χ2n) is 10.9. The van der Waals surface area contributed by atoms with Crippen molar-refractivity contribution in [2.75, 3.05) is 0 Å². The van der Waals surface area contributed by atoms with Gasteiger partial charge in [-0.2, -0.15) is 10.5 Å². The Labute approximate surface area is 213 Å². The first-order valence-electron chi connectivity index (χ1n) is 12.3. The zero-order valence-electron chi connectivity index (χ0n) is 22.7. The first-order chi connectivity index (χ1) is 16.8. The molecule has 6 heteroatoms. The minimum atomic E-state index is -0.723. The van der Waals surface area contributed by atoms with E-state index < -0.39 is 5.54 Å². The molecule has 184 valence electrons. The number of rotatable bonds is 3. The Kier molecular flexibility index (Phi) is 6.05. The van der Waals surface area contributed by atoms with Gasteiger partial charge in [-0.3, -0.25) is 4.99 Å². The molecule has 2 aliphatic heterocycles. The highest BCUT2D eigenvalue weighted by Crippen LogP contribution is 2.43. The number of allylic oxidation sites excluding steroid dienone is 3. The summed E-state index contributed by atoms with van der Waals surface area (Å²) in [4.78, 5) is 16.4. The zero-order valence-corrected chi connectivity index (χ0v) is 22.7. The standard InChI is InChI=1S/C30H34N6/c1-16-18(3)26(34-24(16)10-22-13-29(7,8)30(9,15-32)36-22)12-27-19(4)17(2)25(35-27)11-23-20(5)28(14-31)33-21(23)6/h10-12,33,35H,13H2,1-9H3/b24-10+,25-11-,27-12-/t30-/m0/s1. The summed E-state index contributed by atoms with van der Waals surface area (Å²) >= 11 is 0. The number of hydrogen-bond acceptors (Lipinski definition) is 4. The molecule has 2 N–H and O–H groups in total. The van der Waals surface area contributed by atoms with Crippen LogP contribution in [0.4, 0.5) is 0 Å². The third-order valence-corrected chi connectivity index (χ3v) is 8.22. The number of nitrogens with one attached hydrogen (secondary N) is 2. The van der Waals surface area contributed by atoms with Gasteiger partial charge in [-0.05, 0) is 101 Å². The van der Waals surface area contributed by atoms with Gasteiger partial charge in [-0.1, -0.05) is 13.8 Å². The highest BCUT2D eigenvalue weighted by molar-refractivity contribution is 6.23. The van der Waals surface area contributed by atoms with Crippen LogP contribution in [0.25, 0.3) is 12.2 Å². The van der Waals surface area contributed by atoms with Crippen molar-refractivity contribution in [3.63, 3.8) is 0 Å². The molecule has 0 radical (unpaired) electrons. The van der Waals surface area contributed by atoms with Crippen LogP contribution in [0.1, 0.15) is 74.7 Å². The summed E-state index contributed by atoms with van der Waals surface area (Å²) in [6, 6.07) is 4.62. The summed E-state index contributed by atoms with van der Waals surface area (Å²) in [6.45, 7) is 18.5. The van der Waals surface area contributed by atoms with Crippen molar-refractivity contribution in [2.24, 2.45) is 15.4 Å². The fraction of sp³-hybridized carbons (Fsp3) is 0.400. The molecule has 0 saturated heterocycles. The van der Waals surface area contributed by atoms with E-state index >= 15 is 0 Å². The second kappa shape index (κ2) is 8.64. The number of nitrogens with zero attached hydrogens (tertiary/aromatic N) is 4. The van der Waals surface area contributed by atoms with Gasteiger partial charge in [-0.15, -0.1) is 0 Å². The molecule has 0 unspecified atom stereocenters. The molecule has 0 amide bonds. The Morgan fingerprint density at radius 2 is 1.47 bits per heavy atom. The molecular formula is C30H34N6. The molecule has 0 bridgehead atoms.